The molecular weight excluding hydrogens is 379 g/mol. The Hall–Kier alpha value is -3.42. The van der Waals surface area contributed by atoms with Gasteiger partial charge in [0.1, 0.15) is 11.6 Å². The topological polar surface area (TPSA) is 95.9 Å². The number of hydrogen-bond acceptors (Lipinski definition) is 5. The summed E-state index contributed by atoms with van der Waals surface area (Å²) in [4.78, 5) is 38.1. The zero-order valence-corrected chi connectivity index (χ0v) is 15.6. The van der Waals surface area contributed by atoms with Crippen LogP contribution in [0, 0.1) is 11.7 Å². The maximum absolute atomic E-state index is 13.0. The molecule has 29 heavy (non-hydrogen) atoms. The second-order valence-corrected chi connectivity index (χ2v) is 6.78. The number of aromatic hydroxyl groups is 1. The Morgan fingerprint density at radius 3 is 2.28 bits per heavy atom. The van der Waals surface area contributed by atoms with E-state index in [1.807, 2.05) is 0 Å². The van der Waals surface area contributed by atoms with Crippen LogP contribution >= 0.6 is 0 Å². The van der Waals surface area contributed by atoms with Gasteiger partial charge in [-0.05, 0) is 61.4 Å². The molecular formula is C21H21FN2O5. The summed E-state index contributed by atoms with van der Waals surface area (Å²) in [6, 6.07) is 11.3. The number of piperidine rings is 1. The monoisotopic (exact) mass is 400 g/mol. The van der Waals surface area contributed by atoms with Gasteiger partial charge in [0, 0.05) is 24.3 Å². The fourth-order valence-electron chi connectivity index (χ4n) is 3.09. The van der Waals surface area contributed by atoms with Gasteiger partial charge in [-0.3, -0.25) is 14.4 Å². The normalized spacial score (nSPS) is 14.3. The zero-order chi connectivity index (χ0) is 20.8. The summed E-state index contributed by atoms with van der Waals surface area (Å²) in [6.45, 7) is 0.361. The van der Waals surface area contributed by atoms with Crippen LogP contribution in [0.5, 0.6) is 5.75 Å². The first-order valence-corrected chi connectivity index (χ1v) is 9.23. The minimum absolute atomic E-state index is 0.0821. The lowest BCUT2D eigenvalue weighted by atomic mass is 9.96. The Balaban J connectivity index is 1.42. The van der Waals surface area contributed by atoms with E-state index in [0.29, 0.717) is 37.2 Å². The third kappa shape index (κ3) is 5.54. The molecule has 0 aromatic heterocycles. The minimum Gasteiger partial charge on any atom is -0.508 e. The molecule has 2 aromatic carbocycles. The highest BCUT2D eigenvalue weighted by Gasteiger charge is 2.29. The van der Waals surface area contributed by atoms with Crippen LogP contribution in [0.4, 0.5) is 10.1 Å². The summed E-state index contributed by atoms with van der Waals surface area (Å²) in [5.41, 5.74) is 0.884. The van der Waals surface area contributed by atoms with Crippen LogP contribution in [0.25, 0.3) is 0 Å². The molecule has 0 atom stereocenters. The van der Waals surface area contributed by atoms with Crippen molar-refractivity contribution < 1.29 is 28.6 Å². The third-order valence-electron chi connectivity index (χ3n) is 4.70. The standard InChI is InChI=1S/C21H21FN2O5/c22-16-3-1-14(2-4-16)20(27)24-11-9-15(10-12-24)21(28)29-13-19(26)23-17-5-7-18(25)8-6-17/h1-8,15,25H,9-13H2,(H,23,26). The number of ether oxygens (including phenoxy) is 1. The van der Waals surface area contributed by atoms with Crippen LogP contribution in [0.2, 0.25) is 0 Å². The molecule has 3 rings (SSSR count). The quantitative estimate of drug-likeness (QED) is 0.594. The van der Waals surface area contributed by atoms with Crippen LogP contribution in [-0.2, 0) is 14.3 Å². The molecule has 0 unspecified atom stereocenters. The molecule has 1 saturated heterocycles. The van der Waals surface area contributed by atoms with Gasteiger partial charge < -0.3 is 20.1 Å². The molecule has 1 heterocycles. The van der Waals surface area contributed by atoms with Gasteiger partial charge in [-0.1, -0.05) is 0 Å². The molecule has 7 nitrogen and oxygen atoms in total. The van der Waals surface area contributed by atoms with E-state index in [0.717, 1.165) is 0 Å². The maximum atomic E-state index is 13.0. The number of phenolic OH excluding ortho intramolecular Hbond substituents is 1. The molecule has 0 saturated carbocycles. The summed E-state index contributed by atoms with van der Waals surface area (Å²) >= 11 is 0. The molecule has 2 N–H and O–H groups in total. The number of nitrogens with zero attached hydrogens (tertiary/aromatic N) is 1. The van der Waals surface area contributed by atoms with E-state index in [1.165, 1.54) is 48.5 Å². The van der Waals surface area contributed by atoms with Crippen molar-refractivity contribution in [2.24, 2.45) is 5.92 Å². The number of anilines is 1. The van der Waals surface area contributed by atoms with Crippen molar-refractivity contribution >= 4 is 23.5 Å². The molecule has 0 aliphatic carbocycles. The van der Waals surface area contributed by atoms with Crippen molar-refractivity contribution in [1.29, 1.82) is 0 Å². The van der Waals surface area contributed by atoms with Crippen molar-refractivity contribution in [3.8, 4) is 5.75 Å². The van der Waals surface area contributed by atoms with E-state index < -0.39 is 24.3 Å². The van der Waals surface area contributed by atoms with Crippen LogP contribution in [0.15, 0.2) is 48.5 Å². The predicted molar refractivity (Wildman–Crippen MR) is 103 cm³/mol. The predicted octanol–water partition coefficient (Wildman–Crippen LogP) is 2.57. The van der Waals surface area contributed by atoms with Gasteiger partial charge in [0.25, 0.3) is 11.8 Å². The second-order valence-electron chi connectivity index (χ2n) is 6.78. The lowest BCUT2D eigenvalue weighted by Gasteiger charge is -2.31. The highest BCUT2D eigenvalue weighted by molar-refractivity contribution is 5.94. The van der Waals surface area contributed by atoms with E-state index in [9.17, 15) is 23.9 Å². The van der Waals surface area contributed by atoms with Crippen molar-refractivity contribution in [3.05, 3.63) is 59.9 Å². The number of carbonyl (C=O) groups excluding carboxylic acids is 3. The Labute approximate surface area is 167 Å². The third-order valence-corrected chi connectivity index (χ3v) is 4.70. The molecule has 1 aliphatic heterocycles. The van der Waals surface area contributed by atoms with Crippen LogP contribution < -0.4 is 5.32 Å². The van der Waals surface area contributed by atoms with Gasteiger partial charge in [-0.2, -0.15) is 0 Å². The SMILES string of the molecule is O=C(COC(=O)C1CCN(C(=O)c2ccc(F)cc2)CC1)Nc1ccc(O)cc1. The number of amides is 2. The van der Waals surface area contributed by atoms with Crippen molar-refractivity contribution in [1.82, 2.24) is 4.90 Å². The Bertz CT molecular complexity index is 875. The molecule has 8 heteroatoms. The number of halogens is 1. The first kappa shape index (κ1) is 20.3. The van der Waals surface area contributed by atoms with Gasteiger partial charge >= 0.3 is 5.97 Å². The summed E-state index contributed by atoms with van der Waals surface area (Å²) < 4.78 is 18.1. The van der Waals surface area contributed by atoms with Gasteiger partial charge in [0.05, 0.1) is 5.92 Å². The Kier molecular flexibility index (Phi) is 6.43. The molecule has 1 aliphatic rings. The van der Waals surface area contributed by atoms with Crippen molar-refractivity contribution in [2.45, 2.75) is 12.8 Å². The van der Waals surface area contributed by atoms with Crippen LogP contribution in [0.3, 0.4) is 0 Å². The van der Waals surface area contributed by atoms with Gasteiger partial charge in [-0.25, -0.2) is 4.39 Å². The molecule has 2 amide bonds. The largest absolute Gasteiger partial charge is 0.508 e. The van der Waals surface area contributed by atoms with Crippen LogP contribution in [-0.4, -0.2) is 47.5 Å². The van der Waals surface area contributed by atoms with E-state index in [2.05, 4.69) is 5.32 Å². The summed E-state index contributed by atoms with van der Waals surface area (Å²) in [5.74, 6) is -1.86. The number of rotatable bonds is 5. The van der Waals surface area contributed by atoms with E-state index in [-0.39, 0.29) is 17.6 Å². The summed E-state index contributed by atoms with van der Waals surface area (Å²) in [7, 11) is 0. The van der Waals surface area contributed by atoms with Gasteiger partial charge in [0.15, 0.2) is 6.61 Å². The fourth-order valence-corrected chi connectivity index (χ4v) is 3.09. The summed E-state index contributed by atoms with van der Waals surface area (Å²) in [5, 5.41) is 11.8. The number of benzene rings is 2. The van der Waals surface area contributed by atoms with Crippen LogP contribution in [0.1, 0.15) is 23.2 Å². The van der Waals surface area contributed by atoms with E-state index >= 15 is 0 Å². The molecule has 0 bridgehead atoms. The lowest BCUT2D eigenvalue weighted by Crippen LogP contribution is -2.41. The Morgan fingerprint density at radius 2 is 1.66 bits per heavy atom. The smallest absolute Gasteiger partial charge is 0.309 e. The lowest BCUT2D eigenvalue weighted by molar-refractivity contribution is -0.152. The first-order chi connectivity index (χ1) is 13.9. The maximum Gasteiger partial charge on any atom is 0.309 e. The Morgan fingerprint density at radius 1 is 1.03 bits per heavy atom. The number of esters is 1. The van der Waals surface area contributed by atoms with E-state index in [4.69, 9.17) is 4.74 Å². The number of phenols is 1. The number of carbonyl (C=O) groups is 3. The minimum atomic E-state index is -0.479. The first-order valence-electron chi connectivity index (χ1n) is 9.23. The van der Waals surface area contributed by atoms with E-state index in [1.54, 1.807) is 4.90 Å². The average Bonchev–Trinajstić information content (AvgIpc) is 2.74. The average molecular weight is 400 g/mol. The molecule has 0 spiro atoms. The second kappa shape index (κ2) is 9.18. The van der Waals surface area contributed by atoms with Crippen molar-refractivity contribution in [2.75, 3.05) is 25.0 Å². The van der Waals surface area contributed by atoms with Crippen molar-refractivity contribution in [3.63, 3.8) is 0 Å². The number of likely N-dealkylation sites (tertiary alicyclic amines) is 1. The molecule has 0 radical (unpaired) electrons. The molecule has 1 fully saturated rings. The summed E-state index contributed by atoms with van der Waals surface area (Å²) in [6.07, 6.45) is 0.872. The highest BCUT2D eigenvalue weighted by atomic mass is 19.1. The zero-order valence-electron chi connectivity index (χ0n) is 15.6. The van der Waals surface area contributed by atoms with Gasteiger partial charge in [0.2, 0.25) is 0 Å². The fraction of sp³-hybridized carbons (Fsp3) is 0.286. The highest BCUT2D eigenvalue weighted by Crippen LogP contribution is 2.21. The van der Waals surface area contributed by atoms with Gasteiger partial charge in [-0.15, -0.1) is 0 Å². The number of hydrogen-bond donors (Lipinski definition) is 2. The number of nitrogens with one attached hydrogen (secondary N) is 1. The molecule has 152 valence electrons. The molecule has 2 aromatic rings.